The summed E-state index contributed by atoms with van der Waals surface area (Å²) in [5, 5.41) is 0. The molecule has 0 N–H and O–H groups in total. The number of nitrogens with zero attached hydrogens (tertiary/aromatic N) is 2. The van der Waals surface area contributed by atoms with Crippen molar-refractivity contribution in [2.75, 3.05) is 39.4 Å². The normalized spacial score (nSPS) is 23.6. The van der Waals surface area contributed by atoms with Gasteiger partial charge < -0.3 is 14.5 Å². The Hall–Kier alpha value is -0.610. The highest BCUT2D eigenvalue weighted by atomic mass is 16.5. The second-order valence-corrected chi connectivity index (χ2v) is 5.77. The van der Waals surface area contributed by atoms with E-state index in [9.17, 15) is 4.79 Å². The first-order valence-electron chi connectivity index (χ1n) is 7.26. The monoisotopic (exact) mass is 254 g/mol. The second kappa shape index (κ2) is 6.53. The molecule has 2 fully saturated rings. The summed E-state index contributed by atoms with van der Waals surface area (Å²) in [5.74, 6) is 0.927. The Morgan fingerprint density at radius 3 is 2.33 bits per heavy atom. The zero-order valence-corrected chi connectivity index (χ0v) is 11.7. The van der Waals surface area contributed by atoms with Gasteiger partial charge in [0.05, 0.1) is 13.2 Å². The third-order valence-electron chi connectivity index (χ3n) is 4.21. The molecule has 4 heteroatoms. The van der Waals surface area contributed by atoms with Crippen LogP contribution in [0.1, 0.15) is 33.1 Å². The zero-order chi connectivity index (χ0) is 13.0. The van der Waals surface area contributed by atoms with Crippen LogP contribution in [0, 0.1) is 5.92 Å². The molecular formula is C14H26N2O2. The summed E-state index contributed by atoms with van der Waals surface area (Å²) in [7, 11) is 0. The maximum absolute atomic E-state index is 12.1. The van der Waals surface area contributed by atoms with Crippen molar-refractivity contribution in [1.82, 2.24) is 9.80 Å². The third-order valence-corrected chi connectivity index (χ3v) is 4.21. The maximum Gasteiger partial charge on any atom is 0.223 e. The summed E-state index contributed by atoms with van der Waals surface area (Å²) in [6, 6.07) is 0.640. The Morgan fingerprint density at radius 2 is 1.78 bits per heavy atom. The first-order valence-corrected chi connectivity index (χ1v) is 7.26. The summed E-state index contributed by atoms with van der Waals surface area (Å²) in [6.45, 7) is 9.78. The van der Waals surface area contributed by atoms with Crippen molar-refractivity contribution < 1.29 is 9.53 Å². The molecule has 2 aliphatic heterocycles. The molecule has 0 saturated carbocycles. The van der Waals surface area contributed by atoms with Gasteiger partial charge in [-0.1, -0.05) is 0 Å². The zero-order valence-electron chi connectivity index (χ0n) is 11.7. The highest BCUT2D eigenvalue weighted by Gasteiger charge is 2.25. The number of likely N-dealkylation sites (tertiary alicyclic amines) is 1. The molecular weight excluding hydrogens is 228 g/mol. The lowest BCUT2D eigenvalue weighted by Gasteiger charge is -2.35. The molecule has 104 valence electrons. The van der Waals surface area contributed by atoms with Crippen LogP contribution in [0.15, 0.2) is 0 Å². The first kappa shape index (κ1) is 13.8. The van der Waals surface area contributed by atoms with E-state index in [1.54, 1.807) is 0 Å². The Bertz CT molecular complexity index is 267. The van der Waals surface area contributed by atoms with Crippen molar-refractivity contribution in [3.63, 3.8) is 0 Å². The van der Waals surface area contributed by atoms with Crippen LogP contribution in [0.4, 0.5) is 0 Å². The van der Waals surface area contributed by atoms with Gasteiger partial charge >= 0.3 is 0 Å². The largest absolute Gasteiger partial charge is 0.378 e. The molecule has 0 atom stereocenters. The summed E-state index contributed by atoms with van der Waals surface area (Å²) >= 11 is 0. The lowest BCUT2D eigenvalue weighted by Crippen LogP contribution is -2.43. The van der Waals surface area contributed by atoms with Crippen molar-refractivity contribution in [2.45, 2.75) is 39.2 Å². The van der Waals surface area contributed by atoms with E-state index in [-0.39, 0.29) is 0 Å². The van der Waals surface area contributed by atoms with Crippen molar-refractivity contribution in [3.8, 4) is 0 Å². The van der Waals surface area contributed by atoms with Crippen molar-refractivity contribution in [2.24, 2.45) is 5.92 Å². The molecule has 0 aromatic rings. The highest BCUT2D eigenvalue weighted by molar-refractivity contribution is 5.76. The van der Waals surface area contributed by atoms with Gasteiger partial charge in [0.1, 0.15) is 0 Å². The molecule has 0 bridgehead atoms. The minimum absolute atomic E-state index is 0.335. The van der Waals surface area contributed by atoms with Crippen molar-refractivity contribution in [1.29, 1.82) is 0 Å². The fraction of sp³-hybridized carbons (Fsp3) is 0.929. The molecule has 0 spiro atoms. The van der Waals surface area contributed by atoms with Crippen LogP contribution in [-0.4, -0.2) is 61.1 Å². The van der Waals surface area contributed by atoms with E-state index in [1.165, 1.54) is 12.8 Å². The lowest BCUT2D eigenvalue weighted by atomic mass is 9.92. The van der Waals surface area contributed by atoms with Gasteiger partial charge in [0.25, 0.3) is 0 Å². The fourth-order valence-corrected chi connectivity index (χ4v) is 2.86. The average molecular weight is 254 g/mol. The number of ether oxygens (including phenoxy) is 1. The second-order valence-electron chi connectivity index (χ2n) is 5.77. The van der Waals surface area contributed by atoms with Crippen LogP contribution in [0.25, 0.3) is 0 Å². The number of hydrogen-bond donors (Lipinski definition) is 0. The van der Waals surface area contributed by atoms with Gasteiger partial charge in [-0.2, -0.15) is 0 Å². The van der Waals surface area contributed by atoms with Crippen LogP contribution in [0.5, 0.6) is 0 Å². The van der Waals surface area contributed by atoms with Crippen LogP contribution >= 0.6 is 0 Å². The first-order chi connectivity index (χ1) is 8.66. The van der Waals surface area contributed by atoms with E-state index < -0.39 is 0 Å². The standard InChI is InChI=1S/C14H26N2O2/c1-12(2)15-5-3-13(4-6-15)11-14(17)16-7-9-18-10-8-16/h12-13H,3-11H2,1-2H3. The maximum atomic E-state index is 12.1. The summed E-state index contributed by atoms with van der Waals surface area (Å²) in [4.78, 5) is 16.6. The molecule has 1 amide bonds. The minimum atomic E-state index is 0.335. The Morgan fingerprint density at radius 1 is 1.17 bits per heavy atom. The molecule has 2 rings (SSSR count). The van der Waals surface area contributed by atoms with E-state index in [0.717, 1.165) is 32.6 Å². The topological polar surface area (TPSA) is 32.8 Å². The Balaban J connectivity index is 1.72. The van der Waals surface area contributed by atoms with Gasteiger partial charge in [-0.15, -0.1) is 0 Å². The lowest BCUT2D eigenvalue weighted by molar-refractivity contribution is -0.136. The quantitative estimate of drug-likeness (QED) is 0.762. The van der Waals surface area contributed by atoms with E-state index in [0.29, 0.717) is 31.1 Å². The fourth-order valence-electron chi connectivity index (χ4n) is 2.86. The number of rotatable bonds is 3. The van der Waals surface area contributed by atoms with Gasteiger partial charge in [-0.05, 0) is 45.7 Å². The van der Waals surface area contributed by atoms with Crippen LogP contribution in [0.2, 0.25) is 0 Å². The van der Waals surface area contributed by atoms with Gasteiger partial charge in [-0.3, -0.25) is 4.79 Å². The molecule has 0 aromatic carbocycles. The van der Waals surface area contributed by atoms with Crippen LogP contribution in [0.3, 0.4) is 0 Å². The molecule has 0 aliphatic carbocycles. The summed E-state index contributed by atoms with van der Waals surface area (Å²) in [5.41, 5.74) is 0. The smallest absolute Gasteiger partial charge is 0.223 e. The van der Waals surface area contributed by atoms with E-state index in [1.807, 2.05) is 4.90 Å². The number of hydrogen-bond acceptors (Lipinski definition) is 3. The van der Waals surface area contributed by atoms with E-state index >= 15 is 0 Å². The third kappa shape index (κ3) is 3.69. The van der Waals surface area contributed by atoms with Gasteiger partial charge in [-0.25, -0.2) is 0 Å². The Kier molecular flexibility index (Phi) is 5.01. The number of amides is 1. The molecule has 18 heavy (non-hydrogen) atoms. The summed E-state index contributed by atoms with van der Waals surface area (Å²) < 4.78 is 5.28. The van der Waals surface area contributed by atoms with Crippen LogP contribution in [-0.2, 0) is 9.53 Å². The molecule has 0 unspecified atom stereocenters. The van der Waals surface area contributed by atoms with Crippen molar-refractivity contribution >= 4 is 5.91 Å². The van der Waals surface area contributed by atoms with E-state index in [2.05, 4.69) is 18.7 Å². The van der Waals surface area contributed by atoms with Gasteiger partial charge in [0.2, 0.25) is 5.91 Å². The molecule has 0 aromatic heterocycles. The highest BCUT2D eigenvalue weighted by Crippen LogP contribution is 2.22. The number of morpholine rings is 1. The number of piperidine rings is 1. The predicted octanol–water partition coefficient (Wildman–Crippen LogP) is 1.36. The van der Waals surface area contributed by atoms with Crippen LogP contribution < -0.4 is 0 Å². The van der Waals surface area contributed by atoms with Crippen molar-refractivity contribution in [3.05, 3.63) is 0 Å². The molecule has 2 heterocycles. The molecule has 4 nitrogen and oxygen atoms in total. The minimum Gasteiger partial charge on any atom is -0.378 e. The SMILES string of the molecule is CC(C)N1CCC(CC(=O)N2CCOCC2)CC1. The summed E-state index contributed by atoms with van der Waals surface area (Å²) in [6.07, 6.45) is 3.09. The van der Waals surface area contributed by atoms with Gasteiger partial charge in [0.15, 0.2) is 0 Å². The number of carbonyl (C=O) groups excluding carboxylic acids is 1. The molecule has 2 aliphatic rings. The predicted molar refractivity (Wildman–Crippen MR) is 71.4 cm³/mol. The Labute approximate surface area is 110 Å². The molecule has 2 saturated heterocycles. The van der Waals surface area contributed by atoms with E-state index in [4.69, 9.17) is 4.74 Å². The molecule has 0 radical (unpaired) electrons. The average Bonchev–Trinajstić information content (AvgIpc) is 2.40. The number of carbonyl (C=O) groups is 1. The van der Waals surface area contributed by atoms with Gasteiger partial charge in [0, 0.05) is 25.6 Å².